The van der Waals surface area contributed by atoms with Crippen LogP contribution in [0.4, 0.5) is 4.39 Å². The summed E-state index contributed by atoms with van der Waals surface area (Å²) in [4.78, 5) is 0. The van der Waals surface area contributed by atoms with Gasteiger partial charge in [-0.05, 0) is 52.4 Å². The van der Waals surface area contributed by atoms with Crippen LogP contribution in [0.3, 0.4) is 0 Å². The van der Waals surface area contributed by atoms with E-state index in [-0.39, 0.29) is 5.82 Å². The maximum absolute atomic E-state index is 12.2. The minimum atomic E-state index is -2.37. The molecular weight excluding hydrogens is 485 g/mol. The zero-order chi connectivity index (χ0) is 15.1. The third-order valence-electron chi connectivity index (χ3n) is 2.30. The SMILES string of the molecule is C=I(=O)c1ccc(C)cc1.C=I(=O)c1ccc(F)cc1. The van der Waals surface area contributed by atoms with E-state index in [9.17, 15) is 10.5 Å². The molecule has 0 bridgehead atoms. The molecule has 0 N–H and O–H groups in total. The fourth-order valence-corrected chi connectivity index (χ4v) is 3.57. The average Bonchev–Trinajstić information content (AvgIpc) is 2.40. The first-order chi connectivity index (χ1) is 9.40. The third kappa shape index (κ3) is 6.08. The van der Waals surface area contributed by atoms with Gasteiger partial charge in [-0.3, -0.25) is 6.14 Å². The molecule has 0 aliphatic carbocycles. The summed E-state index contributed by atoms with van der Waals surface area (Å²) in [5, 5.41) is 0. The Bertz CT molecular complexity index is 618. The van der Waals surface area contributed by atoms with Crippen LogP contribution in [-0.4, -0.2) is 9.03 Å². The second-order valence-electron chi connectivity index (χ2n) is 3.87. The number of rotatable bonds is 2. The van der Waals surface area contributed by atoms with Crippen LogP contribution in [0.1, 0.15) is 5.56 Å². The smallest absolute Gasteiger partial charge is 0.123 e. The second kappa shape index (κ2) is 8.46. The summed E-state index contributed by atoms with van der Waals surface area (Å²) in [5.74, 6) is -0.304. The van der Waals surface area contributed by atoms with Crippen molar-refractivity contribution in [1.29, 1.82) is 0 Å². The van der Waals surface area contributed by atoms with Gasteiger partial charge < -0.3 is 0 Å². The Morgan fingerprint density at radius 2 is 1.15 bits per heavy atom. The van der Waals surface area contributed by atoms with E-state index in [0.29, 0.717) is 3.57 Å². The molecule has 2 nitrogen and oxygen atoms in total. The van der Waals surface area contributed by atoms with Gasteiger partial charge in [-0.25, -0.2) is 4.39 Å². The predicted octanol–water partition coefficient (Wildman–Crippen LogP) is 4.73. The van der Waals surface area contributed by atoms with E-state index >= 15 is 0 Å². The Balaban J connectivity index is 0.000000200. The third-order valence-corrected chi connectivity index (χ3v) is 6.52. The molecule has 20 heavy (non-hydrogen) atoms. The first-order valence-electron chi connectivity index (χ1n) is 5.55. The Kier molecular flexibility index (Phi) is 7.28. The van der Waals surface area contributed by atoms with Crippen LogP contribution in [0.5, 0.6) is 0 Å². The van der Waals surface area contributed by atoms with Gasteiger partial charge in [-0.1, -0.05) is 17.7 Å². The number of hydrogen-bond acceptors (Lipinski definition) is 2. The highest BCUT2D eigenvalue weighted by Gasteiger charge is 1.91. The normalized spacial score (nSPS) is 10.2. The molecule has 0 aromatic heterocycles. The van der Waals surface area contributed by atoms with Crippen molar-refractivity contribution < 1.29 is 10.5 Å². The number of hydrogen-bond donors (Lipinski definition) is 0. The van der Waals surface area contributed by atoms with Crippen molar-refractivity contribution in [3.8, 4) is 0 Å². The highest BCUT2D eigenvalue weighted by molar-refractivity contribution is 14.2. The van der Waals surface area contributed by atoms with Gasteiger partial charge in [0.05, 0.1) is 0 Å². The van der Waals surface area contributed by atoms with E-state index in [1.807, 2.05) is 31.2 Å². The zero-order valence-electron chi connectivity index (χ0n) is 11.0. The lowest BCUT2D eigenvalue weighted by Gasteiger charge is -1.91. The van der Waals surface area contributed by atoms with Crippen molar-refractivity contribution >= 4 is 47.7 Å². The van der Waals surface area contributed by atoms with Crippen LogP contribution in [0.2, 0.25) is 0 Å². The van der Waals surface area contributed by atoms with Gasteiger partial charge in [0, 0.05) is 7.14 Å². The fraction of sp³-hybridized carbons (Fsp3) is 0.0667. The molecule has 0 saturated heterocycles. The number of aryl methyl sites for hydroxylation is 1. The highest BCUT2D eigenvalue weighted by Crippen LogP contribution is 2.16. The average molecular weight is 500 g/mol. The van der Waals surface area contributed by atoms with Crippen molar-refractivity contribution in [2.45, 2.75) is 6.92 Å². The van der Waals surface area contributed by atoms with Crippen LogP contribution in [0.15, 0.2) is 48.5 Å². The standard InChI is InChI=1S/C8H9IO.C7H6FIO/c1-7-3-5-8(6-4-7)9(2)10;1-9(10)7-4-2-6(8)3-5-7/h3-6H,2H2,1H3;2-5H,1H2. The molecule has 0 unspecified atom stereocenters. The fourth-order valence-electron chi connectivity index (χ4n) is 1.24. The van der Waals surface area contributed by atoms with Crippen LogP contribution < -0.4 is 0 Å². The molecule has 0 radical (unpaired) electrons. The first kappa shape index (κ1) is 17.2. The summed E-state index contributed by atoms with van der Waals surface area (Å²) >= 11 is -4.57. The van der Waals surface area contributed by atoms with Gasteiger partial charge in [0.2, 0.25) is 0 Å². The molecular formula is C15H15FI2O2. The van der Waals surface area contributed by atoms with Gasteiger partial charge in [0.1, 0.15) is 44.5 Å². The summed E-state index contributed by atoms with van der Waals surface area (Å²) < 4.78 is 42.4. The molecule has 0 atom stereocenters. The molecule has 0 aliphatic heterocycles. The van der Waals surface area contributed by atoms with Crippen LogP contribution in [0, 0.1) is 19.9 Å². The molecule has 0 aliphatic rings. The summed E-state index contributed by atoms with van der Waals surface area (Å²) in [6.07, 6.45) is 0. The molecule has 0 heterocycles. The molecule has 0 saturated carbocycles. The number of benzene rings is 2. The van der Waals surface area contributed by atoms with Crippen LogP contribution in [0.25, 0.3) is 0 Å². The largest absolute Gasteiger partial charge is 0.274 e. The molecule has 0 fully saturated rings. The molecule has 0 amide bonds. The molecule has 5 heteroatoms. The lowest BCUT2D eigenvalue weighted by molar-refractivity contribution is 0.627. The monoisotopic (exact) mass is 500 g/mol. The lowest BCUT2D eigenvalue weighted by atomic mass is 10.2. The molecule has 0 spiro atoms. The van der Waals surface area contributed by atoms with E-state index < -0.39 is 38.7 Å². The Morgan fingerprint density at radius 1 is 0.800 bits per heavy atom. The maximum atomic E-state index is 12.2. The van der Waals surface area contributed by atoms with Crippen molar-refractivity contribution in [3.63, 3.8) is 0 Å². The van der Waals surface area contributed by atoms with Crippen LogP contribution in [-0.2, 0) is 6.14 Å². The van der Waals surface area contributed by atoms with Crippen molar-refractivity contribution in [1.82, 2.24) is 0 Å². The van der Waals surface area contributed by atoms with Gasteiger partial charge in [-0.2, -0.15) is 0 Å². The molecule has 2 rings (SSSR count). The van der Waals surface area contributed by atoms with E-state index in [2.05, 4.69) is 9.03 Å². The van der Waals surface area contributed by atoms with Crippen molar-refractivity contribution in [2.24, 2.45) is 0 Å². The second-order valence-corrected chi connectivity index (χ2v) is 10.0. The highest BCUT2D eigenvalue weighted by atomic mass is 127. The Labute approximate surface area is 131 Å². The zero-order valence-corrected chi connectivity index (χ0v) is 15.3. The van der Waals surface area contributed by atoms with E-state index in [1.54, 1.807) is 0 Å². The summed E-state index contributed by atoms with van der Waals surface area (Å²) in [7, 11) is 0. The topological polar surface area (TPSA) is 34.1 Å². The van der Waals surface area contributed by atoms with E-state index in [1.165, 1.54) is 29.8 Å². The first-order valence-corrected chi connectivity index (χ1v) is 12.5. The van der Waals surface area contributed by atoms with Crippen LogP contribution >= 0.6 is 38.7 Å². The lowest BCUT2D eigenvalue weighted by Crippen LogP contribution is -1.73. The van der Waals surface area contributed by atoms with E-state index in [4.69, 9.17) is 0 Å². The van der Waals surface area contributed by atoms with E-state index in [0.717, 1.165) is 3.57 Å². The van der Waals surface area contributed by atoms with Gasteiger partial charge in [0.25, 0.3) is 0 Å². The summed E-state index contributed by atoms with van der Waals surface area (Å²) in [5.41, 5.74) is 1.20. The van der Waals surface area contributed by atoms with Crippen molar-refractivity contribution in [3.05, 3.63) is 67.1 Å². The predicted molar refractivity (Wildman–Crippen MR) is 98.6 cm³/mol. The Morgan fingerprint density at radius 3 is 1.50 bits per heavy atom. The quantitative estimate of drug-likeness (QED) is 0.560. The molecule has 2 aromatic carbocycles. The minimum absolute atomic E-state index is 0.304. The maximum Gasteiger partial charge on any atom is 0.123 e. The summed E-state index contributed by atoms with van der Waals surface area (Å²) in [6.45, 7) is 2.01. The van der Waals surface area contributed by atoms with Gasteiger partial charge in [-0.15, -0.1) is 0 Å². The summed E-state index contributed by atoms with van der Waals surface area (Å²) in [6, 6.07) is 13.3. The van der Waals surface area contributed by atoms with Gasteiger partial charge >= 0.3 is 0 Å². The minimum Gasteiger partial charge on any atom is -0.274 e. The number of halogens is 3. The van der Waals surface area contributed by atoms with Crippen molar-refractivity contribution in [2.75, 3.05) is 0 Å². The van der Waals surface area contributed by atoms with Gasteiger partial charge in [0.15, 0.2) is 0 Å². The molecule has 2 aromatic rings. The molecule has 108 valence electrons. The Hall–Kier alpha value is -0.830.